The number of ether oxygens (including phenoxy) is 1. The van der Waals surface area contributed by atoms with Crippen LogP contribution in [0, 0.1) is 0 Å². The van der Waals surface area contributed by atoms with Crippen LogP contribution in [0.15, 0.2) is 47.6 Å². The summed E-state index contributed by atoms with van der Waals surface area (Å²) < 4.78 is 35.2. The van der Waals surface area contributed by atoms with Crippen LogP contribution in [-0.2, 0) is 23.5 Å². The van der Waals surface area contributed by atoms with Gasteiger partial charge >= 0.3 is 0 Å². The molecule has 0 fully saturated rings. The van der Waals surface area contributed by atoms with E-state index in [1.165, 1.54) is 6.20 Å². The Balaban J connectivity index is 1.59. The van der Waals surface area contributed by atoms with Crippen molar-refractivity contribution < 1.29 is 13.2 Å². The molecule has 0 bridgehead atoms. The monoisotopic (exact) mass is 344 g/mol. The Morgan fingerprint density at radius 3 is 3.00 bits per heavy atom. The summed E-state index contributed by atoms with van der Waals surface area (Å²) in [6.45, 7) is 0.304. The van der Waals surface area contributed by atoms with Gasteiger partial charge in [-0.3, -0.25) is 4.68 Å². The van der Waals surface area contributed by atoms with Crippen molar-refractivity contribution in [3.63, 3.8) is 0 Å². The summed E-state index contributed by atoms with van der Waals surface area (Å²) >= 11 is 0. The highest BCUT2D eigenvalue weighted by molar-refractivity contribution is 7.89. The molecule has 7 nitrogen and oxygen atoms in total. The molecule has 0 unspecified atom stereocenters. The lowest BCUT2D eigenvalue weighted by Gasteiger charge is -2.25. The number of pyridine rings is 1. The average molecular weight is 344 g/mol. The number of sulfonamides is 1. The number of fused-ring (bicyclic) bond motifs is 2. The van der Waals surface area contributed by atoms with Crippen LogP contribution in [0.3, 0.4) is 0 Å². The van der Waals surface area contributed by atoms with Crippen molar-refractivity contribution >= 4 is 21.1 Å². The van der Waals surface area contributed by atoms with E-state index in [0.29, 0.717) is 24.1 Å². The molecule has 24 heavy (non-hydrogen) atoms. The van der Waals surface area contributed by atoms with Crippen LogP contribution in [-0.4, -0.2) is 35.8 Å². The summed E-state index contributed by atoms with van der Waals surface area (Å²) in [7, 11) is -1.91. The predicted molar refractivity (Wildman–Crippen MR) is 88.3 cm³/mol. The van der Waals surface area contributed by atoms with E-state index < -0.39 is 10.0 Å². The molecular formula is C16H16N4O3S. The lowest BCUT2D eigenvalue weighted by molar-refractivity contribution is 0.254. The summed E-state index contributed by atoms with van der Waals surface area (Å²) in [5.41, 5.74) is 1.64. The SMILES string of the molecule is Cn1ncc2cc(S(=O)(=O)N[C@H]3COc4ccccc4C3)cnc21. The van der Waals surface area contributed by atoms with Gasteiger partial charge in [0, 0.05) is 18.6 Å². The largest absolute Gasteiger partial charge is 0.492 e. The third kappa shape index (κ3) is 2.63. The molecule has 0 saturated heterocycles. The van der Waals surface area contributed by atoms with Crippen molar-refractivity contribution in [2.24, 2.45) is 7.05 Å². The van der Waals surface area contributed by atoms with E-state index in [4.69, 9.17) is 4.74 Å². The van der Waals surface area contributed by atoms with E-state index >= 15 is 0 Å². The zero-order valence-corrected chi connectivity index (χ0v) is 13.8. The normalized spacial score (nSPS) is 17.5. The molecule has 0 radical (unpaired) electrons. The molecule has 1 aromatic carbocycles. The summed E-state index contributed by atoms with van der Waals surface area (Å²) in [5, 5.41) is 4.76. The van der Waals surface area contributed by atoms with Gasteiger partial charge < -0.3 is 4.74 Å². The number of nitrogens with one attached hydrogen (secondary N) is 1. The highest BCUT2D eigenvalue weighted by Crippen LogP contribution is 2.25. The lowest BCUT2D eigenvalue weighted by atomic mass is 10.0. The maximum atomic E-state index is 12.6. The van der Waals surface area contributed by atoms with Gasteiger partial charge in [0.15, 0.2) is 5.65 Å². The molecule has 3 heterocycles. The number of aromatic nitrogens is 3. The molecule has 0 aliphatic carbocycles. The third-order valence-corrected chi connectivity index (χ3v) is 5.55. The summed E-state index contributed by atoms with van der Waals surface area (Å²) in [6, 6.07) is 8.92. The van der Waals surface area contributed by atoms with E-state index in [1.807, 2.05) is 24.3 Å². The fourth-order valence-corrected chi connectivity index (χ4v) is 4.06. The first kappa shape index (κ1) is 15.1. The van der Waals surface area contributed by atoms with Crippen LogP contribution in [0.1, 0.15) is 5.56 Å². The molecule has 3 aromatic rings. The summed E-state index contributed by atoms with van der Waals surface area (Å²) in [6.07, 6.45) is 3.54. The van der Waals surface area contributed by atoms with Crippen molar-refractivity contribution in [3.8, 4) is 5.75 Å². The zero-order valence-electron chi connectivity index (χ0n) is 13.0. The molecule has 1 N–H and O–H groups in total. The first-order valence-electron chi connectivity index (χ1n) is 7.54. The van der Waals surface area contributed by atoms with E-state index in [-0.39, 0.29) is 10.9 Å². The number of aryl methyl sites for hydroxylation is 1. The minimum absolute atomic E-state index is 0.127. The van der Waals surface area contributed by atoms with Crippen LogP contribution in [0.25, 0.3) is 11.0 Å². The number of nitrogens with zero attached hydrogens (tertiary/aromatic N) is 3. The van der Waals surface area contributed by atoms with Crippen LogP contribution in [0.5, 0.6) is 5.75 Å². The molecule has 0 amide bonds. The van der Waals surface area contributed by atoms with Gasteiger partial charge in [0.05, 0.1) is 12.2 Å². The smallest absolute Gasteiger partial charge is 0.242 e. The Labute approximate surface area is 139 Å². The number of hydrogen-bond donors (Lipinski definition) is 1. The highest BCUT2D eigenvalue weighted by atomic mass is 32.2. The van der Waals surface area contributed by atoms with Gasteiger partial charge in [0.1, 0.15) is 17.3 Å². The summed E-state index contributed by atoms with van der Waals surface area (Å²) in [5.74, 6) is 0.811. The second kappa shape index (κ2) is 5.57. The Bertz CT molecular complexity index is 1010. The molecular weight excluding hydrogens is 328 g/mol. The Hall–Kier alpha value is -2.45. The molecule has 8 heteroatoms. The molecule has 124 valence electrons. The van der Waals surface area contributed by atoms with Crippen LogP contribution in [0.2, 0.25) is 0 Å². The summed E-state index contributed by atoms with van der Waals surface area (Å²) in [4.78, 5) is 4.31. The number of rotatable bonds is 3. The maximum absolute atomic E-state index is 12.6. The molecule has 1 aliphatic heterocycles. The van der Waals surface area contributed by atoms with E-state index in [2.05, 4.69) is 14.8 Å². The van der Waals surface area contributed by atoms with Gasteiger partial charge in [-0.15, -0.1) is 0 Å². The first-order valence-corrected chi connectivity index (χ1v) is 9.02. The molecule has 4 rings (SSSR count). The Morgan fingerprint density at radius 2 is 2.12 bits per heavy atom. The molecule has 1 aliphatic rings. The fourth-order valence-electron chi connectivity index (χ4n) is 2.86. The standard InChI is InChI=1S/C16H16N4O3S/c1-20-16-12(8-18-20)7-14(9-17-16)24(21,22)19-13-6-11-4-2-3-5-15(11)23-10-13/h2-5,7-9,13,19H,6,10H2,1H3/t13-/m1/s1. The third-order valence-electron chi connectivity index (χ3n) is 4.06. The topological polar surface area (TPSA) is 86.1 Å². The Morgan fingerprint density at radius 1 is 1.29 bits per heavy atom. The Kier molecular flexibility index (Phi) is 3.50. The van der Waals surface area contributed by atoms with Gasteiger partial charge in [0.2, 0.25) is 10.0 Å². The number of para-hydroxylation sites is 1. The van der Waals surface area contributed by atoms with Gasteiger partial charge in [-0.25, -0.2) is 18.1 Å². The van der Waals surface area contributed by atoms with Crippen LogP contribution < -0.4 is 9.46 Å². The van der Waals surface area contributed by atoms with Crippen LogP contribution >= 0.6 is 0 Å². The van der Waals surface area contributed by atoms with Crippen molar-refractivity contribution in [2.75, 3.05) is 6.61 Å². The molecule has 2 aromatic heterocycles. The average Bonchev–Trinajstić information content (AvgIpc) is 2.95. The van der Waals surface area contributed by atoms with Crippen molar-refractivity contribution in [1.29, 1.82) is 0 Å². The number of benzene rings is 1. The van der Waals surface area contributed by atoms with Crippen molar-refractivity contribution in [1.82, 2.24) is 19.5 Å². The maximum Gasteiger partial charge on any atom is 0.242 e. The van der Waals surface area contributed by atoms with Gasteiger partial charge in [-0.1, -0.05) is 18.2 Å². The quantitative estimate of drug-likeness (QED) is 0.773. The van der Waals surface area contributed by atoms with Gasteiger partial charge in [0.25, 0.3) is 0 Å². The minimum Gasteiger partial charge on any atom is -0.492 e. The number of hydrogen-bond acceptors (Lipinski definition) is 5. The van der Waals surface area contributed by atoms with Crippen molar-refractivity contribution in [2.45, 2.75) is 17.4 Å². The van der Waals surface area contributed by atoms with E-state index in [9.17, 15) is 8.42 Å². The zero-order chi connectivity index (χ0) is 16.7. The molecule has 0 saturated carbocycles. The second-order valence-corrected chi connectivity index (χ2v) is 7.51. The lowest BCUT2D eigenvalue weighted by Crippen LogP contribution is -2.42. The first-order chi connectivity index (χ1) is 11.5. The van der Waals surface area contributed by atoms with E-state index in [0.717, 1.165) is 11.3 Å². The highest BCUT2D eigenvalue weighted by Gasteiger charge is 2.25. The van der Waals surface area contributed by atoms with Gasteiger partial charge in [-0.2, -0.15) is 5.10 Å². The van der Waals surface area contributed by atoms with Gasteiger partial charge in [-0.05, 0) is 24.1 Å². The predicted octanol–water partition coefficient (Wildman–Crippen LogP) is 1.25. The van der Waals surface area contributed by atoms with Crippen LogP contribution in [0.4, 0.5) is 0 Å². The second-order valence-electron chi connectivity index (χ2n) is 5.79. The van der Waals surface area contributed by atoms with Crippen molar-refractivity contribution in [3.05, 3.63) is 48.3 Å². The molecule has 0 spiro atoms. The fraction of sp³-hybridized carbons (Fsp3) is 0.250. The molecule has 1 atom stereocenters. The van der Waals surface area contributed by atoms with E-state index in [1.54, 1.807) is 24.0 Å². The minimum atomic E-state index is -3.67.